The van der Waals surface area contributed by atoms with Gasteiger partial charge in [0.15, 0.2) is 0 Å². The zero-order chi connectivity index (χ0) is 72.8. The lowest BCUT2D eigenvalue weighted by Crippen LogP contribution is -2.36. The summed E-state index contributed by atoms with van der Waals surface area (Å²) in [6.45, 7) is 39.9. The summed E-state index contributed by atoms with van der Waals surface area (Å²) in [6.07, 6.45) is 2.64. The van der Waals surface area contributed by atoms with E-state index in [1.807, 2.05) is 0 Å². The molecule has 3 nitrogen and oxygen atoms in total. The molecule has 0 N–H and O–H groups in total. The molecule has 1 aromatic heterocycles. The minimum atomic E-state index is -0.496. The Morgan fingerprint density at radius 3 is 1.36 bits per heavy atom. The topological polar surface area (TPSA) is 11.4 Å². The van der Waals surface area contributed by atoms with Crippen molar-refractivity contribution >= 4 is 55.9 Å². The third kappa shape index (κ3) is 10.3. The van der Waals surface area contributed by atoms with E-state index in [-0.39, 0.29) is 16.2 Å². The first-order valence-corrected chi connectivity index (χ1v) is 38.3. The van der Waals surface area contributed by atoms with Crippen LogP contribution in [0, 0.1) is 41.5 Å². The molecule has 14 aromatic rings. The van der Waals surface area contributed by atoms with Crippen LogP contribution in [-0.4, -0.2) is 4.57 Å². The first-order valence-electron chi connectivity index (χ1n) is 38.3. The van der Waals surface area contributed by atoms with Gasteiger partial charge in [-0.3, -0.25) is 0 Å². The third-order valence-corrected chi connectivity index (χ3v) is 24.4. The number of hydrogen-bond donors (Lipinski definition) is 0. The van der Waals surface area contributed by atoms with Crippen molar-refractivity contribution in [2.24, 2.45) is 0 Å². The molecule has 0 saturated carbocycles. The van der Waals surface area contributed by atoms with Gasteiger partial charge >= 0.3 is 0 Å². The molecule has 0 saturated heterocycles. The molecule has 4 aliphatic rings. The average molecular weight is 1360 g/mol. The highest BCUT2D eigenvalue weighted by Gasteiger charge is 2.47. The van der Waals surface area contributed by atoms with Crippen LogP contribution in [0.25, 0.3) is 105 Å². The van der Waals surface area contributed by atoms with Crippen molar-refractivity contribution < 1.29 is 0 Å². The number of hydrogen-bond acceptors (Lipinski definition) is 2. The molecule has 0 fully saturated rings. The molecule has 3 heteroatoms. The number of anilines is 6. The molecule has 3 heterocycles. The number of nitrogens with zero attached hydrogens (tertiary/aromatic N) is 3. The Bertz CT molecular complexity index is 5860. The summed E-state index contributed by atoms with van der Waals surface area (Å²) in [5, 5.41) is 2.50. The second-order valence-electron chi connectivity index (χ2n) is 34.6. The molecular weight excluding hydrogens is 1270 g/mol. The molecule has 0 radical (unpaired) electrons. The summed E-state index contributed by atoms with van der Waals surface area (Å²) in [7, 11) is 0. The van der Waals surface area contributed by atoms with E-state index in [1.54, 1.807) is 0 Å². The van der Waals surface area contributed by atoms with Crippen LogP contribution < -0.4 is 9.80 Å². The first kappa shape index (κ1) is 66.2. The fourth-order valence-electron chi connectivity index (χ4n) is 19.1. The van der Waals surface area contributed by atoms with Gasteiger partial charge in [-0.2, -0.15) is 0 Å². The van der Waals surface area contributed by atoms with Gasteiger partial charge < -0.3 is 14.4 Å². The Labute approximate surface area is 622 Å². The summed E-state index contributed by atoms with van der Waals surface area (Å²) < 4.78 is 2.67. The quantitative estimate of drug-likeness (QED) is 0.150. The maximum Gasteiger partial charge on any atom is 0.0746 e. The van der Waals surface area contributed by atoms with Gasteiger partial charge in [-0.05, 0) is 271 Å². The number of benzene rings is 13. The minimum Gasteiger partial charge on any atom is -0.309 e. The number of rotatable bonds is 8. The molecule has 18 rings (SSSR count). The molecule has 1 unspecified atom stereocenters. The van der Waals surface area contributed by atoms with E-state index in [0.717, 1.165) is 42.0 Å². The van der Waals surface area contributed by atoms with Crippen LogP contribution in [0.5, 0.6) is 0 Å². The van der Waals surface area contributed by atoms with Gasteiger partial charge in [-0.15, -0.1) is 0 Å². The summed E-state index contributed by atoms with van der Waals surface area (Å²) >= 11 is 0. The summed E-state index contributed by atoms with van der Waals surface area (Å²) in [4.78, 5) is 5.49. The molecule has 2 aliphatic heterocycles. The van der Waals surface area contributed by atoms with Crippen LogP contribution in [0.15, 0.2) is 231 Å². The van der Waals surface area contributed by atoms with Crippen LogP contribution in [-0.2, 0) is 34.5 Å². The Morgan fingerprint density at radius 1 is 0.324 bits per heavy atom. The van der Waals surface area contributed by atoms with Crippen molar-refractivity contribution in [1.29, 1.82) is 0 Å². The number of fused-ring (bicyclic) bond motifs is 13. The van der Waals surface area contributed by atoms with Crippen LogP contribution in [0.1, 0.15) is 166 Å². The standard InChI is InChI=1S/C102H95N3/c1-18-102(17)85-52-70(93-61(4)44-59(2)45-62(93)5)37-41-88(85)104-89-42-38-71(94-63(6)46-60(3)47-64(94)7)54-91(89)105(97-82(80-32-23-28-68-48-66-26-19-21-30-77(66)95(68)80)34-25-35-83(97)81-33-24-29-69-49-67-27-20-22-31-78(67)96(69)81)92-58-76(57-86(102)98(92)104)103-87-43-39-73(99(8,9)10)56-84(87)79-40-36-65(53-90(79)103)72-50-74(100(11,12)13)55-75(51-72)101(14,15)16/h19-47,50-58H,18,48-49H2,1-17H3. The van der Waals surface area contributed by atoms with Gasteiger partial charge in [0.2, 0.25) is 0 Å². The lowest BCUT2D eigenvalue weighted by Gasteiger charge is -2.50. The van der Waals surface area contributed by atoms with E-state index in [9.17, 15) is 0 Å². The summed E-state index contributed by atoms with van der Waals surface area (Å²) in [6, 6.07) is 91.7. The zero-order valence-corrected chi connectivity index (χ0v) is 64.4. The molecule has 1 atom stereocenters. The lowest BCUT2D eigenvalue weighted by molar-refractivity contribution is 0.544. The van der Waals surface area contributed by atoms with E-state index in [1.165, 1.54) is 200 Å². The highest BCUT2D eigenvalue weighted by atomic mass is 15.3. The van der Waals surface area contributed by atoms with Gasteiger partial charge in [0.1, 0.15) is 0 Å². The predicted octanol–water partition coefficient (Wildman–Crippen LogP) is 28.3. The van der Waals surface area contributed by atoms with E-state index in [4.69, 9.17) is 0 Å². The maximum absolute atomic E-state index is 2.79. The van der Waals surface area contributed by atoms with Crippen molar-refractivity contribution in [3.63, 3.8) is 0 Å². The fraction of sp³-hybridized carbons (Fsp3) is 0.235. The summed E-state index contributed by atoms with van der Waals surface area (Å²) in [5.41, 5.74) is 47.3. The Balaban J connectivity index is 1.02. The van der Waals surface area contributed by atoms with Crippen LogP contribution >= 0.6 is 0 Å². The number of aryl methyl sites for hydroxylation is 6. The van der Waals surface area contributed by atoms with Crippen molar-refractivity contribution in [1.82, 2.24) is 4.57 Å². The monoisotopic (exact) mass is 1360 g/mol. The average Bonchev–Trinajstić information content (AvgIpc) is 0.940. The molecule has 0 spiro atoms. The van der Waals surface area contributed by atoms with Crippen molar-refractivity contribution in [3.8, 4) is 83.6 Å². The first-order chi connectivity index (χ1) is 50.2. The van der Waals surface area contributed by atoms with E-state index in [0.29, 0.717) is 0 Å². The molecule has 0 bridgehead atoms. The van der Waals surface area contributed by atoms with Crippen molar-refractivity contribution in [2.45, 2.75) is 159 Å². The van der Waals surface area contributed by atoms with Gasteiger partial charge in [0.25, 0.3) is 0 Å². The zero-order valence-electron chi connectivity index (χ0n) is 64.4. The third-order valence-electron chi connectivity index (χ3n) is 24.4. The number of para-hydroxylation sites is 1. The van der Waals surface area contributed by atoms with Gasteiger partial charge in [-0.25, -0.2) is 0 Å². The predicted molar refractivity (Wildman–Crippen MR) is 449 cm³/mol. The Hall–Kier alpha value is -10.7. The van der Waals surface area contributed by atoms with Gasteiger partial charge in [0, 0.05) is 33.0 Å². The molecule has 105 heavy (non-hydrogen) atoms. The largest absolute Gasteiger partial charge is 0.309 e. The second-order valence-corrected chi connectivity index (χ2v) is 34.6. The fourth-order valence-corrected chi connectivity index (χ4v) is 19.1. The normalized spacial score (nSPS) is 14.9. The Morgan fingerprint density at radius 2 is 0.810 bits per heavy atom. The SMILES string of the molecule is CCC1(C)c2cc(-c3c(C)cc(C)cc3C)ccc2N2c3ccc(-c4c(C)cc(C)cc4C)cc3N(c3c(-c4cccc5c4-c4ccccc4C5)cccc3-c3cccc4c3-c3ccccc3C4)c3cc(-n4c5ccc(C(C)(C)C)cc5c5ccc(-c6cc(C(C)(C)C)cc(C(C)(C)C)c6)cc54)cc1c32. The van der Waals surface area contributed by atoms with Crippen molar-refractivity contribution in [2.75, 3.05) is 9.80 Å². The second kappa shape index (κ2) is 23.6. The van der Waals surface area contributed by atoms with E-state index >= 15 is 0 Å². The van der Waals surface area contributed by atoms with Gasteiger partial charge in [-0.1, -0.05) is 263 Å². The summed E-state index contributed by atoms with van der Waals surface area (Å²) in [5.74, 6) is 0. The maximum atomic E-state index is 2.79. The number of aromatic nitrogens is 1. The van der Waals surface area contributed by atoms with Crippen molar-refractivity contribution in [3.05, 3.63) is 314 Å². The lowest BCUT2D eigenvalue weighted by atomic mass is 9.68. The van der Waals surface area contributed by atoms with Gasteiger partial charge in [0.05, 0.1) is 45.2 Å². The van der Waals surface area contributed by atoms with Crippen LogP contribution in [0.4, 0.5) is 34.1 Å². The smallest absolute Gasteiger partial charge is 0.0746 e. The molecule has 0 amide bonds. The highest BCUT2D eigenvalue weighted by Crippen LogP contribution is 2.66. The minimum absolute atomic E-state index is 0.0580. The van der Waals surface area contributed by atoms with E-state index < -0.39 is 5.41 Å². The van der Waals surface area contributed by atoms with Crippen LogP contribution in [0.3, 0.4) is 0 Å². The highest BCUT2D eigenvalue weighted by molar-refractivity contribution is 6.15. The van der Waals surface area contributed by atoms with E-state index in [2.05, 4.69) is 363 Å². The molecular formula is C102H95N3. The molecule has 518 valence electrons. The Kier molecular flexibility index (Phi) is 14.9. The molecule has 13 aromatic carbocycles. The molecule has 2 aliphatic carbocycles. The van der Waals surface area contributed by atoms with Crippen LogP contribution in [0.2, 0.25) is 0 Å².